The number of ether oxygens (including phenoxy) is 2. The second-order valence-corrected chi connectivity index (χ2v) is 7.74. The molecule has 3 nitrogen and oxygen atoms in total. The largest absolute Gasteiger partial charge is 0.374 e. The molecule has 0 aromatic carbocycles. The van der Waals surface area contributed by atoms with Crippen molar-refractivity contribution in [1.29, 1.82) is 0 Å². The zero-order valence-electron chi connectivity index (χ0n) is 16.3. The van der Waals surface area contributed by atoms with Gasteiger partial charge in [-0.25, -0.2) is 0 Å². The van der Waals surface area contributed by atoms with Crippen molar-refractivity contribution in [1.82, 2.24) is 5.32 Å². The molecule has 24 heavy (non-hydrogen) atoms. The molecule has 2 aliphatic rings. The van der Waals surface area contributed by atoms with E-state index in [1.54, 1.807) is 0 Å². The predicted molar refractivity (Wildman–Crippen MR) is 101 cm³/mol. The van der Waals surface area contributed by atoms with Crippen molar-refractivity contribution in [2.24, 2.45) is 11.8 Å². The maximum absolute atomic E-state index is 6.22. The minimum absolute atomic E-state index is 0.294. The van der Waals surface area contributed by atoms with E-state index in [4.69, 9.17) is 9.47 Å². The predicted octanol–water partition coefficient (Wildman–Crippen LogP) is 4.49. The number of nitrogens with one attached hydrogen (secondary N) is 1. The highest BCUT2D eigenvalue weighted by Gasteiger charge is 2.31. The van der Waals surface area contributed by atoms with Gasteiger partial charge in [-0.2, -0.15) is 0 Å². The number of allylic oxidation sites excluding steroid dienone is 2. The van der Waals surface area contributed by atoms with Gasteiger partial charge in [-0.1, -0.05) is 44.1 Å². The van der Waals surface area contributed by atoms with Gasteiger partial charge in [0.2, 0.25) is 0 Å². The van der Waals surface area contributed by atoms with Crippen LogP contribution in [-0.2, 0) is 9.47 Å². The summed E-state index contributed by atoms with van der Waals surface area (Å²) in [6, 6.07) is 0.483. The molecule has 0 radical (unpaired) electrons. The molecule has 0 aromatic rings. The summed E-state index contributed by atoms with van der Waals surface area (Å²) in [5.74, 6) is 1.43. The monoisotopic (exact) mass is 335 g/mol. The van der Waals surface area contributed by atoms with Crippen LogP contribution in [0.1, 0.15) is 59.8 Å². The van der Waals surface area contributed by atoms with Crippen molar-refractivity contribution in [3.8, 4) is 0 Å². The number of likely N-dealkylation sites (N-methyl/N-ethyl adjacent to an activating group) is 1. The van der Waals surface area contributed by atoms with E-state index in [-0.39, 0.29) is 0 Å². The molecule has 138 valence electrons. The molecule has 2 fully saturated rings. The van der Waals surface area contributed by atoms with Gasteiger partial charge >= 0.3 is 0 Å². The highest BCUT2D eigenvalue weighted by Crippen LogP contribution is 2.28. The fourth-order valence-corrected chi connectivity index (χ4v) is 3.92. The van der Waals surface area contributed by atoms with Crippen LogP contribution < -0.4 is 5.32 Å². The van der Waals surface area contributed by atoms with Crippen LogP contribution in [0.5, 0.6) is 0 Å². The van der Waals surface area contributed by atoms with Crippen molar-refractivity contribution in [2.45, 2.75) is 84.2 Å². The third-order valence-corrected chi connectivity index (χ3v) is 5.83. The number of rotatable bonds is 6. The van der Waals surface area contributed by atoms with Crippen molar-refractivity contribution < 1.29 is 9.47 Å². The van der Waals surface area contributed by atoms with Crippen LogP contribution in [0, 0.1) is 11.8 Å². The standard InChI is InChI=1S/C21H37NO2/c1-6-18-11-12-23-19(14-18)9-7-15(2)8-10-21-16(3)13-20(22-5)17(4)24-21/h7-9,16-22H,6,10-14H2,1-5H3/b9-7+,15-8+. The highest BCUT2D eigenvalue weighted by atomic mass is 16.5. The van der Waals surface area contributed by atoms with Crippen LogP contribution in [0.25, 0.3) is 0 Å². The van der Waals surface area contributed by atoms with Gasteiger partial charge in [-0.05, 0) is 58.4 Å². The van der Waals surface area contributed by atoms with Crippen LogP contribution in [0.3, 0.4) is 0 Å². The Morgan fingerprint density at radius 2 is 2.04 bits per heavy atom. The lowest BCUT2D eigenvalue weighted by Crippen LogP contribution is -2.47. The Morgan fingerprint density at radius 1 is 1.25 bits per heavy atom. The van der Waals surface area contributed by atoms with Crippen LogP contribution in [0.4, 0.5) is 0 Å². The summed E-state index contributed by atoms with van der Waals surface area (Å²) in [6.07, 6.45) is 13.6. The molecule has 2 saturated heterocycles. The highest BCUT2D eigenvalue weighted by molar-refractivity contribution is 5.17. The molecule has 0 saturated carbocycles. The average Bonchev–Trinajstić information content (AvgIpc) is 2.60. The number of hydrogen-bond donors (Lipinski definition) is 1. The maximum Gasteiger partial charge on any atom is 0.0761 e. The van der Waals surface area contributed by atoms with Gasteiger partial charge in [0.05, 0.1) is 18.3 Å². The van der Waals surface area contributed by atoms with E-state index < -0.39 is 0 Å². The van der Waals surface area contributed by atoms with E-state index >= 15 is 0 Å². The summed E-state index contributed by atoms with van der Waals surface area (Å²) in [5, 5.41) is 3.37. The molecule has 0 bridgehead atoms. The zero-order valence-corrected chi connectivity index (χ0v) is 16.3. The van der Waals surface area contributed by atoms with E-state index in [2.05, 4.69) is 51.2 Å². The van der Waals surface area contributed by atoms with Crippen molar-refractivity contribution >= 4 is 0 Å². The molecular weight excluding hydrogens is 298 g/mol. The third kappa shape index (κ3) is 5.72. The van der Waals surface area contributed by atoms with Crippen molar-refractivity contribution in [3.63, 3.8) is 0 Å². The van der Waals surface area contributed by atoms with E-state index in [1.807, 2.05) is 7.05 Å². The summed E-state index contributed by atoms with van der Waals surface area (Å²) < 4.78 is 12.1. The Balaban J connectivity index is 1.82. The van der Waals surface area contributed by atoms with Gasteiger partial charge in [-0.15, -0.1) is 0 Å². The summed E-state index contributed by atoms with van der Waals surface area (Å²) in [6.45, 7) is 9.87. The van der Waals surface area contributed by atoms with E-state index in [9.17, 15) is 0 Å². The van der Waals surface area contributed by atoms with Crippen LogP contribution in [0.2, 0.25) is 0 Å². The normalized spacial score (nSPS) is 38.6. The first-order valence-electron chi connectivity index (χ1n) is 9.82. The van der Waals surface area contributed by atoms with Gasteiger partial charge in [0.1, 0.15) is 0 Å². The lowest BCUT2D eigenvalue weighted by Gasteiger charge is -2.38. The Morgan fingerprint density at radius 3 is 2.75 bits per heavy atom. The Labute approximate surface area is 148 Å². The SMILES string of the molecule is CCC1CCOC(/C=C/C(C)=C/CC2OC(C)C(NC)CC2C)C1. The molecule has 0 aromatic heterocycles. The average molecular weight is 336 g/mol. The Hall–Kier alpha value is -0.640. The topological polar surface area (TPSA) is 30.5 Å². The van der Waals surface area contributed by atoms with Gasteiger partial charge in [0, 0.05) is 12.6 Å². The van der Waals surface area contributed by atoms with Crippen molar-refractivity contribution in [2.75, 3.05) is 13.7 Å². The maximum atomic E-state index is 6.22. The summed E-state index contributed by atoms with van der Waals surface area (Å²) in [7, 11) is 2.03. The van der Waals surface area contributed by atoms with Gasteiger partial charge in [0.25, 0.3) is 0 Å². The third-order valence-electron chi connectivity index (χ3n) is 5.83. The summed E-state index contributed by atoms with van der Waals surface area (Å²) in [5.41, 5.74) is 1.32. The molecule has 2 aliphatic heterocycles. The number of hydrogen-bond acceptors (Lipinski definition) is 3. The second-order valence-electron chi connectivity index (χ2n) is 7.74. The lowest BCUT2D eigenvalue weighted by molar-refractivity contribution is -0.0845. The van der Waals surface area contributed by atoms with Gasteiger partial charge < -0.3 is 14.8 Å². The summed E-state index contributed by atoms with van der Waals surface area (Å²) >= 11 is 0. The van der Waals surface area contributed by atoms with E-state index in [1.165, 1.54) is 31.3 Å². The van der Waals surface area contributed by atoms with Crippen LogP contribution in [-0.4, -0.2) is 38.0 Å². The van der Waals surface area contributed by atoms with Gasteiger partial charge in [-0.3, -0.25) is 0 Å². The second kappa shape index (κ2) is 9.74. The van der Waals surface area contributed by atoms with Gasteiger partial charge in [0.15, 0.2) is 0 Å². The van der Waals surface area contributed by atoms with Crippen molar-refractivity contribution in [3.05, 3.63) is 23.8 Å². The Bertz CT molecular complexity index is 432. The molecule has 2 heterocycles. The zero-order chi connectivity index (χ0) is 17.5. The first-order valence-corrected chi connectivity index (χ1v) is 9.82. The van der Waals surface area contributed by atoms with E-state index in [0.717, 1.165) is 18.9 Å². The Kier molecular flexibility index (Phi) is 7.99. The molecule has 1 N–H and O–H groups in total. The first kappa shape index (κ1) is 19.7. The molecule has 0 spiro atoms. The molecule has 0 amide bonds. The fourth-order valence-electron chi connectivity index (χ4n) is 3.92. The fraction of sp³-hybridized carbons (Fsp3) is 0.810. The molecule has 6 unspecified atom stereocenters. The smallest absolute Gasteiger partial charge is 0.0761 e. The summed E-state index contributed by atoms with van der Waals surface area (Å²) in [4.78, 5) is 0. The van der Waals surface area contributed by atoms with Crippen LogP contribution in [0.15, 0.2) is 23.8 Å². The quantitative estimate of drug-likeness (QED) is 0.726. The molecule has 0 aliphatic carbocycles. The molecular formula is C21H37NO2. The minimum Gasteiger partial charge on any atom is -0.374 e. The first-order chi connectivity index (χ1) is 11.5. The lowest BCUT2D eigenvalue weighted by atomic mass is 9.88. The van der Waals surface area contributed by atoms with Crippen LogP contribution >= 0.6 is 0 Å². The van der Waals surface area contributed by atoms with E-state index in [0.29, 0.717) is 30.3 Å². The molecule has 2 rings (SSSR count). The molecule has 3 heteroatoms. The minimum atomic E-state index is 0.294. The molecule has 6 atom stereocenters.